The Bertz CT molecular complexity index is 478. The Balaban J connectivity index is 2.26. The van der Waals surface area contributed by atoms with E-state index < -0.39 is 0 Å². The van der Waals surface area contributed by atoms with E-state index in [2.05, 4.69) is 5.16 Å². The highest BCUT2D eigenvalue weighted by molar-refractivity contribution is 6.37. The zero-order valence-electron chi connectivity index (χ0n) is 7.98. The molecule has 1 heterocycles. The summed E-state index contributed by atoms with van der Waals surface area (Å²) in [5.41, 5.74) is 0.373. The predicted octanol–water partition coefficient (Wildman–Crippen LogP) is 3.27. The molecule has 0 aliphatic carbocycles. The average Bonchev–Trinajstić information content (AvgIpc) is 2.71. The highest BCUT2D eigenvalue weighted by Crippen LogP contribution is 2.36. The maximum absolute atomic E-state index is 8.80. The summed E-state index contributed by atoms with van der Waals surface area (Å²) in [6.45, 7) is -0.219. The van der Waals surface area contributed by atoms with Crippen LogP contribution in [-0.2, 0) is 6.61 Å². The van der Waals surface area contributed by atoms with Gasteiger partial charge in [0.15, 0.2) is 5.75 Å². The molecule has 2 rings (SSSR count). The molecule has 0 aliphatic heterocycles. The van der Waals surface area contributed by atoms with E-state index in [-0.39, 0.29) is 12.6 Å². The van der Waals surface area contributed by atoms with E-state index in [1.807, 2.05) is 0 Å². The van der Waals surface area contributed by atoms with E-state index in [1.165, 1.54) is 6.07 Å². The van der Waals surface area contributed by atoms with Crippen LogP contribution in [0.4, 0.5) is 0 Å². The first-order valence-corrected chi connectivity index (χ1v) is 5.14. The van der Waals surface area contributed by atoms with Gasteiger partial charge >= 0.3 is 5.95 Å². The second-order valence-electron chi connectivity index (χ2n) is 2.95. The molecule has 6 heteroatoms. The van der Waals surface area contributed by atoms with Crippen LogP contribution in [-0.4, -0.2) is 10.3 Å². The molecule has 0 spiro atoms. The van der Waals surface area contributed by atoms with Crippen LogP contribution in [0.3, 0.4) is 0 Å². The molecule has 0 saturated carbocycles. The van der Waals surface area contributed by atoms with Gasteiger partial charge in [0.05, 0.1) is 16.7 Å². The third-order valence-electron chi connectivity index (χ3n) is 1.82. The van der Waals surface area contributed by atoms with Crippen LogP contribution >= 0.6 is 23.2 Å². The summed E-state index contributed by atoms with van der Waals surface area (Å²) >= 11 is 11.8. The fraction of sp³-hybridized carbons (Fsp3) is 0.100. The van der Waals surface area contributed by atoms with E-state index in [0.717, 1.165) is 0 Å². The molecule has 4 nitrogen and oxygen atoms in total. The van der Waals surface area contributed by atoms with Crippen molar-refractivity contribution in [2.24, 2.45) is 0 Å². The summed E-state index contributed by atoms with van der Waals surface area (Å²) in [5, 5.41) is 13.1. The maximum atomic E-state index is 8.80. The number of benzene rings is 1. The lowest BCUT2D eigenvalue weighted by Crippen LogP contribution is -1.84. The van der Waals surface area contributed by atoms with E-state index in [1.54, 1.807) is 18.2 Å². The first kappa shape index (κ1) is 11.3. The first-order chi connectivity index (χ1) is 7.70. The van der Waals surface area contributed by atoms with Crippen molar-refractivity contribution in [1.82, 2.24) is 5.16 Å². The Labute approximate surface area is 101 Å². The van der Waals surface area contributed by atoms with Gasteiger partial charge < -0.3 is 14.4 Å². The van der Waals surface area contributed by atoms with Crippen molar-refractivity contribution < 1.29 is 14.4 Å². The topological polar surface area (TPSA) is 55.5 Å². The molecule has 2 aromatic rings. The number of ether oxygens (including phenoxy) is 1. The molecule has 0 bridgehead atoms. The Hall–Kier alpha value is -1.23. The third-order valence-corrected chi connectivity index (χ3v) is 2.42. The number of hydrogen-bond acceptors (Lipinski definition) is 4. The van der Waals surface area contributed by atoms with Crippen LogP contribution < -0.4 is 4.74 Å². The summed E-state index contributed by atoms with van der Waals surface area (Å²) < 4.78 is 10.1. The number of aliphatic hydroxyl groups excluding tert-OH is 1. The fourth-order valence-electron chi connectivity index (χ4n) is 1.10. The number of para-hydroxylation sites is 1. The van der Waals surface area contributed by atoms with Crippen molar-refractivity contribution in [2.45, 2.75) is 6.61 Å². The van der Waals surface area contributed by atoms with Crippen molar-refractivity contribution in [2.75, 3.05) is 0 Å². The van der Waals surface area contributed by atoms with Gasteiger partial charge in [0.25, 0.3) is 0 Å². The van der Waals surface area contributed by atoms with Gasteiger partial charge in [-0.2, -0.15) is 0 Å². The second kappa shape index (κ2) is 4.74. The summed E-state index contributed by atoms with van der Waals surface area (Å²) in [4.78, 5) is 0. The number of aliphatic hydroxyl groups is 1. The molecule has 0 aliphatic rings. The highest BCUT2D eigenvalue weighted by atomic mass is 35.5. The van der Waals surface area contributed by atoms with Gasteiger partial charge in [-0.1, -0.05) is 34.4 Å². The number of rotatable bonds is 3. The molecule has 0 unspecified atom stereocenters. The minimum Gasteiger partial charge on any atom is -0.421 e. The van der Waals surface area contributed by atoms with E-state index in [0.29, 0.717) is 21.5 Å². The van der Waals surface area contributed by atoms with Crippen LogP contribution in [0.25, 0.3) is 0 Å². The lowest BCUT2D eigenvalue weighted by Gasteiger charge is -2.04. The van der Waals surface area contributed by atoms with Crippen molar-refractivity contribution in [3.8, 4) is 11.7 Å². The van der Waals surface area contributed by atoms with Gasteiger partial charge in [-0.15, -0.1) is 0 Å². The minimum absolute atomic E-state index is 0.124. The molecule has 1 N–H and O–H groups in total. The SMILES string of the molecule is OCc1cc(Oc2c(Cl)cccc2Cl)on1. The molecule has 0 atom stereocenters. The van der Waals surface area contributed by atoms with Gasteiger partial charge in [-0.3, -0.25) is 0 Å². The Morgan fingerprint density at radius 3 is 2.56 bits per heavy atom. The van der Waals surface area contributed by atoms with Gasteiger partial charge in [0.2, 0.25) is 0 Å². The Morgan fingerprint density at radius 1 is 1.31 bits per heavy atom. The minimum atomic E-state index is -0.219. The average molecular weight is 260 g/mol. The van der Waals surface area contributed by atoms with Crippen molar-refractivity contribution in [1.29, 1.82) is 0 Å². The van der Waals surface area contributed by atoms with Crippen LogP contribution in [0, 0.1) is 0 Å². The molecular formula is C10H7Cl2NO3. The zero-order valence-corrected chi connectivity index (χ0v) is 9.50. The number of hydrogen-bond donors (Lipinski definition) is 1. The molecule has 0 radical (unpaired) electrons. The number of halogens is 2. The Morgan fingerprint density at radius 2 is 2.00 bits per heavy atom. The first-order valence-electron chi connectivity index (χ1n) is 4.39. The van der Waals surface area contributed by atoms with Gasteiger partial charge in [-0.25, -0.2) is 0 Å². The number of aromatic nitrogens is 1. The van der Waals surface area contributed by atoms with Gasteiger partial charge in [-0.05, 0) is 12.1 Å². The van der Waals surface area contributed by atoms with Crippen molar-refractivity contribution in [3.63, 3.8) is 0 Å². The largest absolute Gasteiger partial charge is 0.421 e. The smallest absolute Gasteiger partial charge is 0.316 e. The van der Waals surface area contributed by atoms with E-state index in [9.17, 15) is 0 Å². The maximum Gasteiger partial charge on any atom is 0.316 e. The predicted molar refractivity (Wildman–Crippen MR) is 59.0 cm³/mol. The highest BCUT2D eigenvalue weighted by Gasteiger charge is 2.11. The normalized spacial score (nSPS) is 10.4. The van der Waals surface area contributed by atoms with Crippen molar-refractivity contribution >= 4 is 23.2 Å². The summed E-state index contributed by atoms with van der Waals surface area (Å²) in [7, 11) is 0. The van der Waals surface area contributed by atoms with Crippen LogP contribution in [0.2, 0.25) is 10.0 Å². The molecule has 84 valence electrons. The Kier molecular flexibility index (Phi) is 3.33. The summed E-state index contributed by atoms with van der Waals surface area (Å²) in [6, 6.07) is 6.45. The lowest BCUT2D eigenvalue weighted by atomic mass is 10.3. The zero-order chi connectivity index (χ0) is 11.5. The van der Waals surface area contributed by atoms with Crippen molar-refractivity contribution in [3.05, 3.63) is 40.0 Å². The number of nitrogens with zero attached hydrogens (tertiary/aromatic N) is 1. The van der Waals surface area contributed by atoms with E-state index >= 15 is 0 Å². The standard InChI is InChI=1S/C10H7Cl2NO3/c11-7-2-1-3-8(12)10(7)15-9-4-6(5-14)13-16-9/h1-4,14H,5H2. The monoisotopic (exact) mass is 259 g/mol. The molecule has 0 amide bonds. The fourth-order valence-corrected chi connectivity index (χ4v) is 1.57. The second-order valence-corrected chi connectivity index (χ2v) is 3.76. The summed E-state index contributed by atoms with van der Waals surface area (Å²) in [5.74, 6) is 0.422. The van der Waals surface area contributed by atoms with Crippen LogP contribution in [0.1, 0.15) is 5.69 Å². The quantitative estimate of drug-likeness (QED) is 0.920. The van der Waals surface area contributed by atoms with Crippen LogP contribution in [0.15, 0.2) is 28.8 Å². The molecule has 0 fully saturated rings. The van der Waals surface area contributed by atoms with E-state index in [4.69, 9.17) is 37.6 Å². The van der Waals surface area contributed by atoms with Crippen LogP contribution in [0.5, 0.6) is 11.7 Å². The molecule has 1 aromatic carbocycles. The molecule has 0 saturated heterocycles. The molecule has 1 aromatic heterocycles. The summed E-state index contributed by atoms with van der Waals surface area (Å²) in [6.07, 6.45) is 0. The van der Waals surface area contributed by atoms with Gasteiger partial charge in [0, 0.05) is 6.07 Å². The molecule has 16 heavy (non-hydrogen) atoms. The lowest BCUT2D eigenvalue weighted by molar-refractivity contribution is 0.255. The van der Waals surface area contributed by atoms with Gasteiger partial charge in [0.1, 0.15) is 5.69 Å². The molecular weight excluding hydrogens is 253 g/mol. The third kappa shape index (κ3) is 2.29.